The van der Waals surface area contributed by atoms with E-state index in [0.717, 1.165) is 25.9 Å². The zero-order chi connectivity index (χ0) is 13.2. The Labute approximate surface area is 108 Å². The predicted molar refractivity (Wildman–Crippen MR) is 73.0 cm³/mol. The van der Waals surface area contributed by atoms with Gasteiger partial charge in [0.15, 0.2) is 0 Å². The molecule has 1 aliphatic rings. The first-order valence-electron chi connectivity index (χ1n) is 6.58. The molecular weight excluding hydrogens is 226 g/mol. The number of carbonyl (C=O) groups is 1. The van der Waals surface area contributed by atoms with Crippen LogP contribution in [0.2, 0.25) is 0 Å². The molecule has 0 aromatic heterocycles. The predicted octanol–water partition coefficient (Wildman–Crippen LogP) is 2.94. The molecule has 0 radical (unpaired) electrons. The van der Waals surface area contributed by atoms with Crippen molar-refractivity contribution in [1.82, 2.24) is 0 Å². The second-order valence-corrected chi connectivity index (χ2v) is 5.57. The number of rotatable bonds is 4. The summed E-state index contributed by atoms with van der Waals surface area (Å²) in [6.07, 6.45) is 2.27. The van der Waals surface area contributed by atoms with Crippen molar-refractivity contribution >= 4 is 11.7 Å². The van der Waals surface area contributed by atoms with Crippen LogP contribution in [0.3, 0.4) is 0 Å². The van der Waals surface area contributed by atoms with E-state index in [0.29, 0.717) is 0 Å². The summed E-state index contributed by atoms with van der Waals surface area (Å²) in [5, 5.41) is 8.95. The summed E-state index contributed by atoms with van der Waals surface area (Å²) in [5.74, 6) is -0.694. The Bertz CT molecular complexity index is 427. The molecule has 1 aliphatic heterocycles. The number of aliphatic carboxylic acids is 1. The van der Waals surface area contributed by atoms with Crippen LogP contribution in [0, 0.1) is 5.41 Å². The molecule has 1 unspecified atom stereocenters. The lowest BCUT2D eigenvalue weighted by Crippen LogP contribution is -2.26. The van der Waals surface area contributed by atoms with Crippen LogP contribution >= 0.6 is 0 Å². The minimum Gasteiger partial charge on any atom is -0.481 e. The van der Waals surface area contributed by atoms with Gasteiger partial charge in [-0.2, -0.15) is 0 Å². The molecule has 0 aliphatic carbocycles. The van der Waals surface area contributed by atoms with E-state index < -0.39 is 5.97 Å². The molecular formula is C15H21NO2. The molecule has 1 aromatic carbocycles. The largest absolute Gasteiger partial charge is 0.481 e. The van der Waals surface area contributed by atoms with Crippen molar-refractivity contribution in [1.29, 1.82) is 0 Å². The maximum absolute atomic E-state index is 10.9. The Hall–Kier alpha value is -1.51. The molecule has 1 heterocycles. The average Bonchev–Trinajstić information content (AvgIpc) is 2.70. The van der Waals surface area contributed by atoms with E-state index in [9.17, 15) is 4.79 Å². The minimum atomic E-state index is -0.694. The highest BCUT2D eigenvalue weighted by Gasteiger charge is 2.35. The molecule has 1 N–H and O–H groups in total. The molecule has 2 rings (SSSR count). The van der Waals surface area contributed by atoms with E-state index in [1.807, 2.05) is 0 Å². The Balaban J connectivity index is 2.05. The summed E-state index contributed by atoms with van der Waals surface area (Å²) in [7, 11) is 0. The molecule has 1 saturated heterocycles. The molecule has 1 atom stereocenters. The Morgan fingerprint density at radius 2 is 2.06 bits per heavy atom. The summed E-state index contributed by atoms with van der Waals surface area (Å²) in [6, 6.07) is 8.60. The normalized spacial score (nSPS) is 23.3. The molecule has 0 bridgehead atoms. The first-order chi connectivity index (χ1) is 8.52. The van der Waals surface area contributed by atoms with Gasteiger partial charge in [-0.05, 0) is 36.0 Å². The number of aryl methyl sites for hydroxylation is 1. The number of carboxylic acid groups (broad SMARTS) is 1. The topological polar surface area (TPSA) is 40.5 Å². The van der Waals surface area contributed by atoms with Crippen LogP contribution in [-0.4, -0.2) is 24.2 Å². The lowest BCUT2D eigenvalue weighted by molar-refractivity contribution is -0.139. The van der Waals surface area contributed by atoms with Crippen molar-refractivity contribution < 1.29 is 9.90 Å². The molecule has 98 valence electrons. The lowest BCUT2D eigenvalue weighted by atomic mass is 9.86. The summed E-state index contributed by atoms with van der Waals surface area (Å²) in [4.78, 5) is 13.2. The quantitative estimate of drug-likeness (QED) is 0.889. The summed E-state index contributed by atoms with van der Waals surface area (Å²) >= 11 is 0. The van der Waals surface area contributed by atoms with Gasteiger partial charge in [0.1, 0.15) is 0 Å². The molecule has 1 aromatic rings. The van der Waals surface area contributed by atoms with E-state index in [1.54, 1.807) is 0 Å². The lowest BCUT2D eigenvalue weighted by Gasteiger charge is -2.24. The number of hydrogen-bond donors (Lipinski definition) is 1. The second kappa shape index (κ2) is 5.01. The molecule has 3 heteroatoms. The SMILES string of the molecule is CCc1ccc(N2CCC(C)(CC(=O)O)C2)cc1. The van der Waals surface area contributed by atoms with Gasteiger partial charge in [0.25, 0.3) is 0 Å². The zero-order valence-corrected chi connectivity index (χ0v) is 11.1. The van der Waals surface area contributed by atoms with Crippen molar-refractivity contribution in [2.24, 2.45) is 5.41 Å². The summed E-state index contributed by atoms with van der Waals surface area (Å²) < 4.78 is 0. The third-order valence-electron chi connectivity index (χ3n) is 3.85. The highest BCUT2D eigenvalue weighted by Crippen LogP contribution is 2.35. The highest BCUT2D eigenvalue weighted by molar-refractivity contribution is 5.68. The first kappa shape index (κ1) is 12.9. The number of carboxylic acids is 1. The molecule has 18 heavy (non-hydrogen) atoms. The van der Waals surface area contributed by atoms with Crippen molar-refractivity contribution in [3.05, 3.63) is 29.8 Å². The van der Waals surface area contributed by atoms with Gasteiger partial charge in [-0.25, -0.2) is 0 Å². The maximum atomic E-state index is 10.9. The van der Waals surface area contributed by atoms with E-state index in [2.05, 4.69) is 43.0 Å². The van der Waals surface area contributed by atoms with Gasteiger partial charge in [-0.3, -0.25) is 4.79 Å². The van der Waals surface area contributed by atoms with Gasteiger partial charge >= 0.3 is 5.97 Å². The average molecular weight is 247 g/mol. The monoisotopic (exact) mass is 247 g/mol. The number of hydrogen-bond acceptors (Lipinski definition) is 2. The summed E-state index contributed by atoms with van der Waals surface area (Å²) in [5.41, 5.74) is 2.46. The molecule has 3 nitrogen and oxygen atoms in total. The van der Waals surface area contributed by atoms with Gasteiger partial charge in [0.2, 0.25) is 0 Å². The van der Waals surface area contributed by atoms with Crippen LogP contribution in [0.25, 0.3) is 0 Å². The van der Waals surface area contributed by atoms with Crippen molar-refractivity contribution in [3.63, 3.8) is 0 Å². The molecule has 0 amide bonds. The van der Waals surface area contributed by atoms with E-state index in [4.69, 9.17) is 5.11 Å². The summed E-state index contributed by atoms with van der Waals surface area (Å²) in [6.45, 7) is 6.01. The van der Waals surface area contributed by atoms with Crippen LogP contribution in [0.1, 0.15) is 32.3 Å². The van der Waals surface area contributed by atoms with Crippen molar-refractivity contribution in [2.45, 2.75) is 33.1 Å². The number of anilines is 1. The number of benzene rings is 1. The van der Waals surface area contributed by atoms with Crippen LogP contribution < -0.4 is 4.90 Å². The van der Waals surface area contributed by atoms with E-state index >= 15 is 0 Å². The Morgan fingerprint density at radius 1 is 1.39 bits per heavy atom. The van der Waals surface area contributed by atoms with Gasteiger partial charge in [-0.1, -0.05) is 26.0 Å². The van der Waals surface area contributed by atoms with Crippen LogP contribution in [0.15, 0.2) is 24.3 Å². The van der Waals surface area contributed by atoms with Crippen molar-refractivity contribution in [2.75, 3.05) is 18.0 Å². The van der Waals surface area contributed by atoms with Crippen LogP contribution in [0.5, 0.6) is 0 Å². The fraction of sp³-hybridized carbons (Fsp3) is 0.533. The van der Waals surface area contributed by atoms with Crippen molar-refractivity contribution in [3.8, 4) is 0 Å². The molecule has 1 fully saturated rings. The second-order valence-electron chi connectivity index (χ2n) is 5.57. The highest BCUT2D eigenvalue weighted by atomic mass is 16.4. The van der Waals surface area contributed by atoms with Gasteiger partial charge < -0.3 is 10.0 Å². The minimum absolute atomic E-state index is 0.0880. The smallest absolute Gasteiger partial charge is 0.303 e. The van der Waals surface area contributed by atoms with Gasteiger partial charge in [0.05, 0.1) is 6.42 Å². The zero-order valence-electron chi connectivity index (χ0n) is 11.1. The molecule has 0 spiro atoms. The standard InChI is InChI=1S/C15H21NO2/c1-3-12-4-6-13(7-5-12)16-9-8-15(2,11-16)10-14(17)18/h4-7H,3,8-11H2,1-2H3,(H,17,18). The third kappa shape index (κ3) is 2.84. The van der Waals surface area contributed by atoms with E-state index in [1.165, 1.54) is 11.3 Å². The maximum Gasteiger partial charge on any atom is 0.303 e. The Kier molecular flexibility index (Phi) is 3.60. The van der Waals surface area contributed by atoms with Crippen LogP contribution in [-0.2, 0) is 11.2 Å². The fourth-order valence-corrected chi connectivity index (χ4v) is 2.70. The first-order valence-corrected chi connectivity index (χ1v) is 6.58. The van der Waals surface area contributed by atoms with Gasteiger partial charge in [-0.15, -0.1) is 0 Å². The van der Waals surface area contributed by atoms with Gasteiger partial charge in [0, 0.05) is 18.8 Å². The fourth-order valence-electron chi connectivity index (χ4n) is 2.70. The molecule has 0 saturated carbocycles. The number of nitrogens with zero attached hydrogens (tertiary/aromatic N) is 1. The van der Waals surface area contributed by atoms with E-state index in [-0.39, 0.29) is 11.8 Å². The van der Waals surface area contributed by atoms with Crippen LogP contribution in [0.4, 0.5) is 5.69 Å². The Morgan fingerprint density at radius 3 is 2.61 bits per heavy atom. The third-order valence-corrected chi connectivity index (χ3v) is 3.85.